The number of benzene rings is 2. The second-order valence-corrected chi connectivity index (χ2v) is 8.21. The summed E-state index contributed by atoms with van der Waals surface area (Å²) in [6, 6.07) is 28.2. The van der Waals surface area contributed by atoms with Gasteiger partial charge in [0.2, 0.25) is 5.71 Å². The zero-order valence-corrected chi connectivity index (χ0v) is 24.3. The maximum Gasteiger partial charge on any atom is 0.228 e. The smallest absolute Gasteiger partial charge is 0.228 e. The Hall–Kier alpha value is -4.12. The lowest BCUT2D eigenvalue weighted by Crippen LogP contribution is -2.06. The first kappa shape index (κ1) is 31.1. The van der Waals surface area contributed by atoms with E-state index in [2.05, 4.69) is 41.3 Å². The van der Waals surface area contributed by atoms with E-state index in [1.807, 2.05) is 107 Å². The zero-order chi connectivity index (χ0) is 28.3. The Labute approximate surface area is 234 Å². The summed E-state index contributed by atoms with van der Waals surface area (Å²) < 4.78 is 11.6. The first-order valence-electron chi connectivity index (χ1n) is 14.0. The fraction of sp³-hybridized carbons (Fsp3) is 0.294. The number of rotatable bonds is 8. The highest BCUT2D eigenvalue weighted by molar-refractivity contribution is 5.91. The molecular weight excluding hydrogens is 482 g/mol. The minimum Gasteiger partial charge on any atom is -0.494 e. The Morgan fingerprint density at radius 3 is 2.13 bits per heavy atom. The standard InChI is InChI=1S/C23H23N3O2.C7H8.2C2H6/c1-2-15-27-19-8-6-17(7-9-19)22-16-20-21(11-14-26-23(20)28-22)25-13-10-18-5-3-4-12-24-18;1-7-5-3-2-4-6-7;2*1-2/h3-9,11-12,14,16H,2,10,13,15H2,1H3,(H,25,26);2-6H,1H3;2*1-2H3. The second-order valence-electron chi connectivity index (χ2n) is 8.21. The fourth-order valence-electron chi connectivity index (χ4n) is 3.58. The minimum atomic E-state index is 0.629. The summed E-state index contributed by atoms with van der Waals surface area (Å²) in [6.45, 7) is 13.7. The van der Waals surface area contributed by atoms with E-state index in [0.717, 1.165) is 59.8 Å². The molecule has 0 unspecified atom stereocenters. The van der Waals surface area contributed by atoms with Crippen LogP contribution in [0.1, 0.15) is 52.3 Å². The van der Waals surface area contributed by atoms with Gasteiger partial charge < -0.3 is 14.5 Å². The highest BCUT2D eigenvalue weighted by Gasteiger charge is 2.11. The molecule has 3 heterocycles. The van der Waals surface area contributed by atoms with E-state index < -0.39 is 0 Å². The van der Waals surface area contributed by atoms with Crippen LogP contribution >= 0.6 is 0 Å². The molecule has 1 N–H and O–H groups in total. The topological polar surface area (TPSA) is 60.2 Å². The maximum atomic E-state index is 5.98. The Morgan fingerprint density at radius 2 is 1.51 bits per heavy atom. The summed E-state index contributed by atoms with van der Waals surface area (Å²) in [5, 5.41) is 4.45. The molecule has 0 saturated heterocycles. The van der Waals surface area contributed by atoms with Crippen LogP contribution in [0.25, 0.3) is 22.4 Å². The highest BCUT2D eigenvalue weighted by Crippen LogP contribution is 2.31. The largest absolute Gasteiger partial charge is 0.494 e. The molecule has 206 valence electrons. The van der Waals surface area contributed by atoms with E-state index in [0.29, 0.717) is 5.71 Å². The number of aryl methyl sites for hydroxylation is 1. The van der Waals surface area contributed by atoms with Gasteiger partial charge in [-0.2, -0.15) is 0 Å². The van der Waals surface area contributed by atoms with Crippen molar-refractivity contribution in [3.63, 3.8) is 0 Å². The first-order valence-corrected chi connectivity index (χ1v) is 14.0. The van der Waals surface area contributed by atoms with Crippen LogP contribution in [0, 0.1) is 6.92 Å². The normalized spacial score (nSPS) is 9.69. The SMILES string of the molecule is CC.CC.CCCOc1ccc(-c2cc3c(NCCc4ccccn4)ccnc3o2)cc1.Cc1ccccc1. The van der Waals surface area contributed by atoms with Crippen LogP contribution in [0.4, 0.5) is 5.69 Å². The van der Waals surface area contributed by atoms with Gasteiger partial charge in [0.15, 0.2) is 0 Å². The molecule has 5 rings (SSSR count). The second kappa shape index (κ2) is 18.2. The van der Waals surface area contributed by atoms with Gasteiger partial charge in [-0.15, -0.1) is 0 Å². The van der Waals surface area contributed by atoms with Crippen molar-refractivity contribution in [2.24, 2.45) is 0 Å². The number of anilines is 1. The van der Waals surface area contributed by atoms with E-state index >= 15 is 0 Å². The third kappa shape index (κ3) is 10.3. The molecule has 0 saturated carbocycles. The Bertz CT molecular complexity index is 1300. The molecule has 5 aromatic rings. The van der Waals surface area contributed by atoms with E-state index in [-0.39, 0.29) is 0 Å². The Balaban J connectivity index is 0.000000412. The maximum absolute atomic E-state index is 5.98. The summed E-state index contributed by atoms with van der Waals surface area (Å²) in [4.78, 5) is 8.73. The average molecular weight is 526 g/mol. The van der Waals surface area contributed by atoms with Crippen molar-refractivity contribution in [1.82, 2.24) is 9.97 Å². The van der Waals surface area contributed by atoms with Gasteiger partial charge in [0, 0.05) is 42.3 Å². The minimum absolute atomic E-state index is 0.629. The number of hydrogen-bond donors (Lipinski definition) is 1. The molecule has 0 aliphatic carbocycles. The van der Waals surface area contributed by atoms with Gasteiger partial charge in [0.1, 0.15) is 11.5 Å². The molecule has 0 atom stereocenters. The van der Waals surface area contributed by atoms with Gasteiger partial charge >= 0.3 is 0 Å². The van der Waals surface area contributed by atoms with E-state index in [9.17, 15) is 0 Å². The zero-order valence-electron chi connectivity index (χ0n) is 24.3. The number of hydrogen-bond acceptors (Lipinski definition) is 5. The first-order chi connectivity index (χ1) is 19.2. The number of ether oxygens (including phenoxy) is 1. The van der Waals surface area contributed by atoms with Crippen LogP contribution in [0.3, 0.4) is 0 Å². The van der Waals surface area contributed by atoms with Crippen molar-refractivity contribution < 1.29 is 9.15 Å². The number of pyridine rings is 2. The Kier molecular flexibility index (Phi) is 14.5. The molecule has 5 nitrogen and oxygen atoms in total. The van der Waals surface area contributed by atoms with Gasteiger partial charge in [-0.1, -0.05) is 76.6 Å². The van der Waals surface area contributed by atoms with Crippen molar-refractivity contribution in [3.8, 4) is 17.1 Å². The number of fused-ring (bicyclic) bond motifs is 1. The summed E-state index contributed by atoms with van der Waals surface area (Å²) in [6.07, 6.45) is 5.43. The van der Waals surface area contributed by atoms with Gasteiger partial charge in [-0.25, -0.2) is 4.98 Å². The van der Waals surface area contributed by atoms with E-state index in [4.69, 9.17) is 9.15 Å². The summed E-state index contributed by atoms with van der Waals surface area (Å²) in [7, 11) is 0. The van der Waals surface area contributed by atoms with Gasteiger partial charge in [-0.05, 0) is 61.9 Å². The van der Waals surface area contributed by atoms with Crippen LogP contribution in [0.2, 0.25) is 0 Å². The number of aromatic nitrogens is 2. The van der Waals surface area contributed by atoms with Crippen molar-refractivity contribution in [2.45, 2.75) is 54.4 Å². The summed E-state index contributed by atoms with van der Waals surface area (Å²) in [5.74, 6) is 1.67. The van der Waals surface area contributed by atoms with Crippen LogP contribution in [0.5, 0.6) is 5.75 Å². The fourth-order valence-corrected chi connectivity index (χ4v) is 3.58. The number of nitrogens with zero attached hydrogens (tertiary/aromatic N) is 2. The van der Waals surface area contributed by atoms with Crippen molar-refractivity contribution in [1.29, 1.82) is 0 Å². The summed E-state index contributed by atoms with van der Waals surface area (Å²) >= 11 is 0. The lowest BCUT2D eigenvalue weighted by Gasteiger charge is -2.06. The molecule has 2 aromatic carbocycles. The number of furan rings is 1. The molecule has 3 aromatic heterocycles. The monoisotopic (exact) mass is 525 g/mol. The van der Waals surface area contributed by atoms with Gasteiger partial charge in [-0.3, -0.25) is 4.98 Å². The van der Waals surface area contributed by atoms with E-state index in [1.165, 1.54) is 5.56 Å². The summed E-state index contributed by atoms with van der Waals surface area (Å²) in [5.41, 5.74) is 5.03. The van der Waals surface area contributed by atoms with E-state index in [1.54, 1.807) is 6.20 Å². The van der Waals surface area contributed by atoms with Crippen LogP contribution < -0.4 is 10.1 Å². The molecule has 0 radical (unpaired) electrons. The predicted molar refractivity (Wildman–Crippen MR) is 166 cm³/mol. The van der Waals surface area contributed by atoms with Crippen molar-refractivity contribution in [3.05, 3.63) is 109 Å². The molecule has 39 heavy (non-hydrogen) atoms. The molecule has 0 fully saturated rings. The van der Waals surface area contributed by atoms with Crippen LogP contribution in [-0.2, 0) is 6.42 Å². The molecule has 5 heteroatoms. The predicted octanol–water partition coefficient (Wildman–Crippen LogP) is 9.38. The van der Waals surface area contributed by atoms with Gasteiger partial charge in [0.05, 0.1) is 12.0 Å². The molecule has 0 aliphatic rings. The highest BCUT2D eigenvalue weighted by atomic mass is 16.5. The molecule has 0 aliphatic heterocycles. The lowest BCUT2D eigenvalue weighted by atomic mass is 10.1. The van der Waals surface area contributed by atoms with Gasteiger partial charge in [0.25, 0.3) is 0 Å². The van der Waals surface area contributed by atoms with Crippen LogP contribution in [0.15, 0.2) is 102 Å². The Morgan fingerprint density at radius 1 is 0.795 bits per heavy atom. The third-order valence-electron chi connectivity index (χ3n) is 5.41. The quantitative estimate of drug-likeness (QED) is 0.219. The van der Waals surface area contributed by atoms with Crippen molar-refractivity contribution >= 4 is 16.8 Å². The third-order valence-corrected chi connectivity index (χ3v) is 5.41. The molecule has 0 bridgehead atoms. The average Bonchev–Trinajstić information content (AvgIpc) is 3.45. The molecular formula is C34H43N3O2. The van der Waals surface area contributed by atoms with Crippen LogP contribution in [-0.4, -0.2) is 23.1 Å². The molecule has 0 amide bonds. The van der Waals surface area contributed by atoms with Crippen molar-refractivity contribution in [2.75, 3.05) is 18.5 Å². The molecule has 0 spiro atoms. The number of nitrogens with one attached hydrogen (secondary N) is 1. The lowest BCUT2D eigenvalue weighted by molar-refractivity contribution is 0.317.